The number of benzene rings is 5. The molecule has 1 aliphatic carbocycles. The maximum Gasteiger partial charge on any atom is 0.408 e. The van der Waals surface area contributed by atoms with E-state index < -0.39 is 23.6 Å². The fourth-order valence-electron chi connectivity index (χ4n) is 6.27. The van der Waals surface area contributed by atoms with Crippen molar-refractivity contribution in [3.05, 3.63) is 167 Å². The summed E-state index contributed by atoms with van der Waals surface area (Å²) >= 11 is 0. The monoisotopic (exact) mass is 610 g/mol. The Morgan fingerprint density at radius 1 is 0.696 bits per heavy atom. The summed E-state index contributed by atoms with van der Waals surface area (Å²) in [7, 11) is 0. The Morgan fingerprint density at radius 3 is 1.83 bits per heavy atom. The number of aliphatic carboxylic acids is 1. The minimum atomic E-state index is -1.32. The second kappa shape index (κ2) is 13.5. The standard InChI is InChI=1S/C39H34N2O5/c42-36(41-39(29-15-4-1-5-16-29,30-17-6-2-7-18-30)31-19-8-3-9-20-31)24-23-35(37(43)44)40-38(45)46-26-28-14-12-22-33-32-21-11-10-13-27(32)25-34(28)33/h1-22,35H,23-26H2,(H,40,45)(H,41,42)(H,43,44)/t35-/m1/s1. The van der Waals surface area contributed by atoms with Gasteiger partial charge in [0, 0.05) is 6.42 Å². The Kier molecular flexibility index (Phi) is 8.92. The first-order valence-electron chi connectivity index (χ1n) is 15.3. The van der Waals surface area contributed by atoms with Gasteiger partial charge in [0.2, 0.25) is 5.91 Å². The predicted molar refractivity (Wildman–Crippen MR) is 176 cm³/mol. The summed E-state index contributed by atoms with van der Waals surface area (Å²) in [6.45, 7) is 0.00354. The van der Waals surface area contributed by atoms with Crippen molar-refractivity contribution < 1.29 is 24.2 Å². The Morgan fingerprint density at radius 2 is 1.24 bits per heavy atom. The van der Waals surface area contributed by atoms with Crippen LogP contribution in [0.3, 0.4) is 0 Å². The molecule has 0 fully saturated rings. The SMILES string of the molecule is O=C(CC[C@@H](NC(=O)OCc1cccc2c1Cc1ccccc1-2)C(=O)O)NC(c1ccccc1)(c1ccccc1)c1ccccc1. The highest BCUT2D eigenvalue weighted by atomic mass is 16.5. The molecule has 0 aromatic heterocycles. The summed E-state index contributed by atoms with van der Waals surface area (Å²) in [4.78, 5) is 38.6. The zero-order valence-electron chi connectivity index (χ0n) is 25.2. The topological polar surface area (TPSA) is 105 Å². The Labute approximate surface area is 267 Å². The van der Waals surface area contributed by atoms with E-state index in [0.717, 1.165) is 39.8 Å². The van der Waals surface area contributed by atoms with Gasteiger partial charge in [0.05, 0.1) is 0 Å². The fourth-order valence-corrected chi connectivity index (χ4v) is 6.27. The highest BCUT2D eigenvalue weighted by Crippen LogP contribution is 2.39. The number of alkyl carbamates (subject to hydrolysis) is 1. The molecular formula is C39H34N2O5. The molecule has 0 saturated carbocycles. The lowest BCUT2D eigenvalue weighted by molar-refractivity contribution is -0.139. The quantitative estimate of drug-likeness (QED) is 0.140. The predicted octanol–water partition coefficient (Wildman–Crippen LogP) is 6.83. The summed E-state index contributed by atoms with van der Waals surface area (Å²) in [5, 5.41) is 15.6. The van der Waals surface area contributed by atoms with E-state index in [1.165, 1.54) is 11.1 Å². The summed E-state index contributed by atoms with van der Waals surface area (Å²) in [6.07, 6.45) is -0.375. The van der Waals surface area contributed by atoms with Gasteiger partial charge in [0.1, 0.15) is 18.2 Å². The second-order valence-electron chi connectivity index (χ2n) is 11.3. The number of rotatable bonds is 11. The van der Waals surface area contributed by atoms with Crippen LogP contribution < -0.4 is 10.6 Å². The molecular weight excluding hydrogens is 576 g/mol. The molecule has 0 bridgehead atoms. The Balaban J connectivity index is 1.14. The number of carboxylic acid groups (broad SMARTS) is 1. The molecule has 3 N–H and O–H groups in total. The molecule has 7 nitrogen and oxygen atoms in total. The highest BCUT2D eigenvalue weighted by molar-refractivity contribution is 5.83. The number of carbonyl (C=O) groups excluding carboxylic acids is 2. The molecule has 46 heavy (non-hydrogen) atoms. The molecule has 5 aromatic carbocycles. The van der Waals surface area contributed by atoms with Crippen molar-refractivity contribution in [2.75, 3.05) is 0 Å². The van der Waals surface area contributed by atoms with Crippen molar-refractivity contribution in [1.82, 2.24) is 10.6 Å². The normalized spacial score (nSPS) is 12.3. The second-order valence-corrected chi connectivity index (χ2v) is 11.3. The summed E-state index contributed by atoms with van der Waals surface area (Å²) < 4.78 is 5.48. The van der Waals surface area contributed by atoms with Crippen LogP contribution in [0.15, 0.2) is 133 Å². The molecule has 1 aliphatic rings. The van der Waals surface area contributed by atoms with Gasteiger partial charge >= 0.3 is 12.1 Å². The third kappa shape index (κ3) is 6.26. The molecule has 0 radical (unpaired) electrons. The number of amides is 2. The van der Waals surface area contributed by atoms with Crippen molar-refractivity contribution in [3.63, 3.8) is 0 Å². The van der Waals surface area contributed by atoms with Crippen LogP contribution in [0.25, 0.3) is 11.1 Å². The van der Waals surface area contributed by atoms with Crippen molar-refractivity contribution in [2.24, 2.45) is 0 Å². The van der Waals surface area contributed by atoms with E-state index in [0.29, 0.717) is 0 Å². The number of fused-ring (bicyclic) bond motifs is 3. The minimum Gasteiger partial charge on any atom is -0.480 e. The third-order valence-electron chi connectivity index (χ3n) is 8.50. The van der Waals surface area contributed by atoms with E-state index in [4.69, 9.17) is 4.74 Å². The Bertz CT molecular complexity index is 1740. The van der Waals surface area contributed by atoms with E-state index in [2.05, 4.69) is 28.8 Å². The van der Waals surface area contributed by atoms with Crippen LogP contribution in [0, 0.1) is 0 Å². The van der Waals surface area contributed by atoms with E-state index in [9.17, 15) is 19.5 Å². The van der Waals surface area contributed by atoms with E-state index >= 15 is 0 Å². The third-order valence-corrected chi connectivity index (χ3v) is 8.50. The van der Waals surface area contributed by atoms with Gasteiger partial charge in [-0.15, -0.1) is 0 Å². The van der Waals surface area contributed by atoms with Crippen LogP contribution in [0.4, 0.5) is 4.79 Å². The molecule has 2 amide bonds. The van der Waals surface area contributed by atoms with Gasteiger partial charge in [-0.3, -0.25) is 4.79 Å². The van der Waals surface area contributed by atoms with Crippen molar-refractivity contribution >= 4 is 18.0 Å². The Hall–Kier alpha value is -5.69. The van der Waals surface area contributed by atoms with Crippen molar-refractivity contribution in [1.29, 1.82) is 0 Å². The van der Waals surface area contributed by atoms with Gasteiger partial charge in [0.25, 0.3) is 0 Å². The molecule has 0 spiro atoms. The highest BCUT2D eigenvalue weighted by Gasteiger charge is 2.38. The molecule has 1 atom stereocenters. The maximum absolute atomic E-state index is 13.7. The first-order valence-corrected chi connectivity index (χ1v) is 15.3. The molecule has 0 heterocycles. The number of carbonyl (C=O) groups is 3. The molecule has 0 aliphatic heterocycles. The van der Waals surface area contributed by atoms with Gasteiger partial charge in [0.15, 0.2) is 0 Å². The van der Waals surface area contributed by atoms with Crippen LogP contribution in [-0.4, -0.2) is 29.1 Å². The van der Waals surface area contributed by atoms with Crippen LogP contribution >= 0.6 is 0 Å². The lowest BCUT2D eigenvalue weighted by atomic mass is 9.77. The van der Waals surface area contributed by atoms with Crippen LogP contribution in [-0.2, 0) is 32.9 Å². The average molecular weight is 611 g/mol. The van der Waals surface area contributed by atoms with E-state index in [1.54, 1.807) is 0 Å². The number of hydrogen-bond donors (Lipinski definition) is 3. The minimum absolute atomic E-state index is 0.00354. The van der Waals surface area contributed by atoms with Crippen LogP contribution in [0.2, 0.25) is 0 Å². The van der Waals surface area contributed by atoms with Gasteiger partial charge in [-0.1, -0.05) is 133 Å². The first kappa shape index (κ1) is 30.3. The van der Waals surface area contributed by atoms with Crippen molar-refractivity contribution in [2.45, 2.75) is 37.5 Å². The fraction of sp³-hybridized carbons (Fsp3) is 0.154. The lowest BCUT2D eigenvalue weighted by Crippen LogP contribution is -2.48. The van der Waals surface area contributed by atoms with Gasteiger partial charge in [-0.05, 0) is 57.3 Å². The average Bonchev–Trinajstić information content (AvgIpc) is 3.48. The van der Waals surface area contributed by atoms with Gasteiger partial charge < -0.3 is 20.5 Å². The van der Waals surface area contributed by atoms with Crippen LogP contribution in [0.1, 0.15) is 46.2 Å². The largest absolute Gasteiger partial charge is 0.480 e. The van der Waals surface area contributed by atoms with Gasteiger partial charge in [-0.2, -0.15) is 0 Å². The number of ether oxygens (including phenoxy) is 1. The van der Waals surface area contributed by atoms with Gasteiger partial charge in [-0.25, -0.2) is 9.59 Å². The molecule has 7 heteroatoms. The summed E-state index contributed by atoms with van der Waals surface area (Å²) in [5.41, 5.74) is 7.01. The molecule has 230 valence electrons. The zero-order chi connectivity index (χ0) is 31.9. The number of carboxylic acids is 1. The van der Waals surface area contributed by atoms with Crippen LogP contribution in [0.5, 0.6) is 0 Å². The summed E-state index contributed by atoms with van der Waals surface area (Å²) in [6, 6.07) is 41.7. The van der Waals surface area contributed by atoms with E-state index in [-0.39, 0.29) is 25.4 Å². The first-order chi connectivity index (χ1) is 22.5. The van der Waals surface area contributed by atoms with Crippen molar-refractivity contribution in [3.8, 4) is 11.1 Å². The van der Waals surface area contributed by atoms with E-state index in [1.807, 2.05) is 115 Å². The smallest absolute Gasteiger partial charge is 0.408 e. The summed E-state index contributed by atoms with van der Waals surface area (Å²) in [5.74, 6) is -1.61. The maximum atomic E-state index is 13.7. The molecule has 0 saturated heterocycles. The molecule has 0 unspecified atom stereocenters. The zero-order valence-corrected chi connectivity index (χ0v) is 25.2. The molecule has 5 aromatic rings. The number of hydrogen-bond acceptors (Lipinski definition) is 4. The lowest BCUT2D eigenvalue weighted by Gasteiger charge is -2.37. The number of nitrogens with one attached hydrogen (secondary N) is 2. The molecule has 6 rings (SSSR count).